The number of amides is 1. The van der Waals surface area contributed by atoms with Gasteiger partial charge in [0, 0.05) is 50.5 Å². The molecule has 2 aliphatic rings. The van der Waals surface area contributed by atoms with Gasteiger partial charge in [0.2, 0.25) is 11.9 Å². The van der Waals surface area contributed by atoms with E-state index in [4.69, 9.17) is 9.31 Å². The Hall–Kier alpha value is -1.67. The van der Waals surface area contributed by atoms with Gasteiger partial charge in [-0.2, -0.15) is 0 Å². The number of anilines is 1. The first-order chi connectivity index (χ1) is 13.0. The second kappa shape index (κ2) is 7.63. The molecule has 2 fully saturated rings. The van der Waals surface area contributed by atoms with Crippen molar-refractivity contribution in [3.63, 3.8) is 0 Å². The Balaban J connectivity index is 1.69. The van der Waals surface area contributed by atoms with Crippen LogP contribution >= 0.6 is 0 Å². The molecule has 0 spiro atoms. The minimum atomic E-state index is -0.453. The minimum Gasteiger partial charge on any atom is -0.399 e. The van der Waals surface area contributed by atoms with Crippen LogP contribution in [0.3, 0.4) is 0 Å². The van der Waals surface area contributed by atoms with Crippen molar-refractivity contribution in [1.29, 1.82) is 0 Å². The number of nitrogens with zero attached hydrogens (tertiary/aromatic N) is 4. The van der Waals surface area contributed by atoms with Crippen molar-refractivity contribution in [3.05, 3.63) is 12.4 Å². The highest BCUT2D eigenvalue weighted by molar-refractivity contribution is 6.61. The fourth-order valence-corrected chi connectivity index (χ4v) is 3.65. The Bertz CT molecular complexity index is 692. The van der Waals surface area contributed by atoms with E-state index in [1.165, 1.54) is 0 Å². The normalized spacial score (nSPS) is 23.5. The average Bonchev–Trinajstić information content (AvgIpc) is 3.15. The fourth-order valence-electron chi connectivity index (χ4n) is 3.65. The lowest BCUT2D eigenvalue weighted by molar-refractivity contribution is -0.127. The Morgan fingerprint density at radius 3 is 2.29 bits per heavy atom. The van der Waals surface area contributed by atoms with E-state index in [2.05, 4.69) is 28.7 Å². The number of hydrogen-bond donors (Lipinski definition) is 0. The van der Waals surface area contributed by atoms with Gasteiger partial charge in [-0.3, -0.25) is 4.79 Å². The van der Waals surface area contributed by atoms with Gasteiger partial charge in [-0.1, -0.05) is 0 Å². The number of hydrogen-bond acceptors (Lipinski definition) is 6. The molecule has 1 atom stereocenters. The van der Waals surface area contributed by atoms with Crippen molar-refractivity contribution in [2.75, 3.05) is 24.5 Å². The van der Waals surface area contributed by atoms with Crippen molar-refractivity contribution in [2.45, 2.75) is 72.1 Å². The molecule has 154 valence electrons. The molecule has 7 nitrogen and oxygen atoms in total. The van der Waals surface area contributed by atoms with Crippen LogP contribution < -0.4 is 10.4 Å². The fraction of sp³-hybridized carbons (Fsp3) is 0.750. The van der Waals surface area contributed by atoms with Gasteiger partial charge in [-0.05, 0) is 53.9 Å². The second-order valence-electron chi connectivity index (χ2n) is 9.27. The maximum absolute atomic E-state index is 11.6. The van der Waals surface area contributed by atoms with Gasteiger partial charge in [-0.15, -0.1) is 0 Å². The van der Waals surface area contributed by atoms with Crippen LogP contribution in [0.1, 0.15) is 54.9 Å². The molecule has 0 saturated carbocycles. The summed E-state index contributed by atoms with van der Waals surface area (Å²) in [6.07, 6.45) is 4.63. The van der Waals surface area contributed by atoms with Gasteiger partial charge in [0.1, 0.15) is 0 Å². The first-order valence-corrected chi connectivity index (χ1v) is 10.2. The molecule has 28 heavy (non-hydrogen) atoms. The predicted octanol–water partition coefficient (Wildman–Crippen LogP) is 1.86. The lowest BCUT2D eigenvalue weighted by atomic mass is 9.81. The summed E-state index contributed by atoms with van der Waals surface area (Å²) in [5, 5.41) is 0. The van der Waals surface area contributed by atoms with Gasteiger partial charge >= 0.3 is 7.12 Å². The van der Waals surface area contributed by atoms with E-state index in [0.717, 1.165) is 31.5 Å². The number of carbonyl (C=O) groups is 1. The first-order valence-electron chi connectivity index (χ1n) is 10.2. The Morgan fingerprint density at radius 2 is 1.82 bits per heavy atom. The molecule has 0 N–H and O–H groups in total. The molecule has 3 rings (SSSR count). The molecule has 0 radical (unpaired) electrons. The van der Waals surface area contributed by atoms with E-state index in [-0.39, 0.29) is 23.2 Å². The van der Waals surface area contributed by atoms with E-state index in [9.17, 15) is 4.79 Å². The number of aromatic nitrogens is 2. The van der Waals surface area contributed by atoms with Crippen LogP contribution in [0, 0.1) is 5.92 Å². The smallest absolute Gasteiger partial charge is 0.399 e. The van der Waals surface area contributed by atoms with E-state index >= 15 is 0 Å². The Kier molecular flexibility index (Phi) is 5.74. The lowest BCUT2D eigenvalue weighted by Gasteiger charge is -2.32. The van der Waals surface area contributed by atoms with Crippen LogP contribution in [0.2, 0.25) is 0 Å². The quantitative estimate of drug-likeness (QED) is 0.718. The summed E-state index contributed by atoms with van der Waals surface area (Å²) in [4.78, 5) is 25.0. The number of carbonyl (C=O) groups excluding carboxylic acids is 1. The zero-order valence-corrected chi connectivity index (χ0v) is 18.2. The van der Waals surface area contributed by atoms with Crippen LogP contribution in [0.4, 0.5) is 5.95 Å². The molecule has 0 aliphatic carbocycles. The van der Waals surface area contributed by atoms with Crippen molar-refractivity contribution >= 4 is 24.4 Å². The summed E-state index contributed by atoms with van der Waals surface area (Å²) in [7, 11) is -0.453. The third-order valence-corrected chi connectivity index (χ3v) is 6.25. The van der Waals surface area contributed by atoms with Crippen LogP contribution in [-0.2, 0) is 14.1 Å². The van der Waals surface area contributed by atoms with Crippen molar-refractivity contribution in [1.82, 2.24) is 14.9 Å². The van der Waals surface area contributed by atoms with Gasteiger partial charge in [0.15, 0.2) is 0 Å². The molecule has 0 unspecified atom stereocenters. The SMILES string of the molecule is CC(=O)N1CC[C@H](CN(c2ncc(B3OC(C)(C)C(C)(C)O3)cn2)C(C)C)C1. The maximum atomic E-state index is 11.6. The monoisotopic (exact) mass is 388 g/mol. The van der Waals surface area contributed by atoms with Gasteiger partial charge < -0.3 is 19.1 Å². The molecular formula is C20H33BN4O3. The highest BCUT2D eigenvalue weighted by atomic mass is 16.7. The minimum absolute atomic E-state index is 0.154. The average molecular weight is 388 g/mol. The largest absolute Gasteiger partial charge is 0.498 e. The summed E-state index contributed by atoms with van der Waals surface area (Å²) in [5.41, 5.74) is 0.0613. The standard InChI is InChI=1S/C20H33BN4O3/c1-14(2)25(13-16-8-9-24(12-16)15(3)26)18-22-10-17(11-23-18)21-27-19(4,5)20(6,7)28-21/h10-11,14,16H,8-9,12-13H2,1-7H3/t16-/m0/s1. The molecule has 0 aromatic carbocycles. The van der Waals surface area contributed by atoms with E-state index in [1.54, 1.807) is 19.3 Å². The van der Waals surface area contributed by atoms with E-state index < -0.39 is 7.12 Å². The third kappa shape index (κ3) is 4.18. The maximum Gasteiger partial charge on any atom is 0.498 e. The molecule has 8 heteroatoms. The lowest BCUT2D eigenvalue weighted by Crippen LogP contribution is -2.41. The second-order valence-corrected chi connectivity index (χ2v) is 9.27. The summed E-state index contributed by atoms with van der Waals surface area (Å²) in [6.45, 7) is 16.6. The summed E-state index contributed by atoms with van der Waals surface area (Å²) in [6, 6.07) is 0.272. The summed E-state index contributed by atoms with van der Waals surface area (Å²) < 4.78 is 12.2. The predicted molar refractivity (Wildman–Crippen MR) is 111 cm³/mol. The zero-order valence-electron chi connectivity index (χ0n) is 18.2. The molecule has 2 aliphatic heterocycles. The zero-order chi connectivity index (χ0) is 20.7. The highest BCUT2D eigenvalue weighted by Gasteiger charge is 2.52. The van der Waals surface area contributed by atoms with Crippen LogP contribution in [0.5, 0.6) is 0 Å². The topological polar surface area (TPSA) is 67.8 Å². The molecule has 2 saturated heterocycles. The number of likely N-dealkylation sites (tertiary alicyclic amines) is 1. The van der Waals surface area contributed by atoms with Crippen LogP contribution in [0.25, 0.3) is 0 Å². The molecule has 1 aromatic rings. The van der Waals surface area contributed by atoms with E-state index in [0.29, 0.717) is 11.9 Å². The molecule has 1 amide bonds. The van der Waals surface area contributed by atoms with Gasteiger partial charge in [0.25, 0.3) is 0 Å². The summed E-state index contributed by atoms with van der Waals surface area (Å²) in [5.74, 6) is 1.30. The van der Waals surface area contributed by atoms with E-state index in [1.807, 2.05) is 32.6 Å². The molecular weight excluding hydrogens is 355 g/mol. The first kappa shape index (κ1) is 21.1. The van der Waals surface area contributed by atoms with Crippen molar-refractivity contribution in [3.8, 4) is 0 Å². The Morgan fingerprint density at radius 1 is 1.25 bits per heavy atom. The number of rotatable bonds is 5. The molecule has 0 bridgehead atoms. The molecule has 1 aromatic heterocycles. The van der Waals surface area contributed by atoms with Gasteiger partial charge in [-0.25, -0.2) is 9.97 Å². The highest BCUT2D eigenvalue weighted by Crippen LogP contribution is 2.36. The van der Waals surface area contributed by atoms with Gasteiger partial charge in [0.05, 0.1) is 11.2 Å². The summed E-state index contributed by atoms with van der Waals surface area (Å²) >= 11 is 0. The molecule has 3 heterocycles. The van der Waals surface area contributed by atoms with Crippen LogP contribution in [-0.4, -0.2) is 64.8 Å². The van der Waals surface area contributed by atoms with Crippen LogP contribution in [0.15, 0.2) is 12.4 Å². The Labute approximate surface area is 168 Å². The van der Waals surface area contributed by atoms with Crippen molar-refractivity contribution < 1.29 is 14.1 Å². The third-order valence-electron chi connectivity index (χ3n) is 6.25. The van der Waals surface area contributed by atoms with Crippen molar-refractivity contribution in [2.24, 2.45) is 5.92 Å².